The first-order chi connectivity index (χ1) is 9.19. The van der Waals surface area contributed by atoms with Crippen LogP contribution in [0.4, 0.5) is 5.82 Å². The van der Waals surface area contributed by atoms with Gasteiger partial charge in [-0.1, -0.05) is 6.92 Å². The van der Waals surface area contributed by atoms with Gasteiger partial charge in [0.2, 0.25) is 0 Å². The maximum absolute atomic E-state index is 5.84. The summed E-state index contributed by atoms with van der Waals surface area (Å²) in [7, 11) is 1.67. The average Bonchev–Trinajstić information content (AvgIpc) is 2.46. The molecule has 1 heterocycles. The molecule has 0 saturated carbocycles. The third kappa shape index (κ3) is 2.66. The number of aryl methyl sites for hydroxylation is 1. The van der Waals surface area contributed by atoms with Gasteiger partial charge in [0.25, 0.3) is 0 Å². The molecule has 5 heteroatoms. The molecule has 0 bridgehead atoms. The first kappa shape index (κ1) is 13.3. The number of nitrogens with two attached hydrogens (primary N) is 2. The van der Waals surface area contributed by atoms with E-state index in [9.17, 15) is 0 Å². The summed E-state index contributed by atoms with van der Waals surface area (Å²) in [4.78, 5) is 8.59. The Morgan fingerprint density at radius 1 is 1.26 bits per heavy atom. The number of anilines is 1. The second-order valence-electron chi connectivity index (χ2n) is 4.19. The van der Waals surface area contributed by atoms with Crippen LogP contribution in [0.25, 0.3) is 11.4 Å². The number of rotatable bonds is 4. The second kappa shape index (κ2) is 5.67. The van der Waals surface area contributed by atoms with Gasteiger partial charge in [-0.25, -0.2) is 9.97 Å². The number of benzene rings is 1. The number of methoxy groups -OCH3 is 1. The fourth-order valence-corrected chi connectivity index (χ4v) is 1.91. The SMILES string of the molecule is CCc1cc(-c2ncc(CN)c(N)n2)ccc1OC. The van der Waals surface area contributed by atoms with E-state index in [0.29, 0.717) is 18.2 Å². The van der Waals surface area contributed by atoms with Gasteiger partial charge in [-0.3, -0.25) is 0 Å². The highest BCUT2D eigenvalue weighted by atomic mass is 16.5. The van der Waals surface area contributed by atoms with Gasteiger partial charge in [0.15, 0.2) is 5.82 Å². The Hall–Kier alpha value is -2.14. The van der Waals surface area contributed by atoms with E-state index in [0.717, 1.165) is 28.9 Å². The zero-order valence-electron chi connectivity index (χ0n) is 11.2. The van der Waals surface area contributed by atoms with E-state index in [-0.39, 0.29) is 0 Å². The molecule has 0 atom stereocenters. The van der Waals surface area contributed by atoms with Gasteiger partial charge in [0.1, 0.15) is 11.6 Å². The van der Waals surface area contributed by atoms with E-state index in [1.165, 1.54) is 0 Å². The van der Waals surface area contributed by atoms with Crippen LogP contribution in [0, 0.1) is 0 Å². The van der Waals surface area contributed by atoms with Gasteiger partial charge in [0, 0.05) is 23.9 Å². The molecule has 5 nitrogen and oxygen atoms in total. The first-order valence-electron chi connectivity index (χ1n) is 6.18. The van der Waals surface area contributed by atoms with Crippen molar-refractivity contribution in [1.82, 2.24) is 9.97 Å². The molecule has 2 aromatic rings. The van der Waals surface area contributed by atoms with Crippen LogP contribution in [0.1, 0.15) is 18.1 Å². The zero-order chi connectivity index (χ0) is 13.8. The molecule has 19 heavy (non-hydrogen) atoms. The van der Waals surface area contributed by atoms with E-state index in [2.05, 4.69) is 16.9 Å². The summed E-state index contributed by atoms with van der Waals surface area (Å²) in [6.45, 7) is 2.42. The van der Waals surface area contributed by atoms with Gasteiger partial charge >= 0.3 is 0 Å². The van der Waals surface area contributed by atoms with Crippen molar-refractivity contribution in [1.29, 1.82) is 0 Å². The minimum absolute atomic E-state index is 0.342. The van der Waals surface area contributed by atoms with Gasteiger partial charge in [-0.15, -0.1) is 0 Å². The molecule has 1 aromatic carbocycles. The van der Waals surface area contributed by atoms with Crippen LogP contribution in [0.15, 0.2) is 24.4 Å². The minimum Gasteiger partial charge on any atom is -0.496 e. The standard InChI is InChI=1S/C14H18N4O/c1-3-9-6-10(4-5-12(9)19-2)14-17-8-11(7-15)13(16)18-14/h4-6,8H,3,7,15H2,1-2H3,(H2,16,17,18). The molecule has 0 fully saturated rings. The highest BCUT2D eigenvalue weighted by Gasteiger charge is 2.08. The summed E-state index contributed by atoms with van der Waals surface area (Å²) in [6.07, 6.45) is 2.56. The molecule has 4 N–H and O–H groups in total. The lowest BCUT2D eigenvalue weighted by atomic mass is 10.1. The Morgan fingerprint density at radius 2 is 2.05 bits per heavy atom. The Morgan fingerprint density at radius 3 is 2.63 bits per heavy atom. The number of aromatic nitrogens is 2. The molecule has 0 spiro atoms. The summed E-state index contributed by atoms with van der Waals surface area (Å²) < 4.78 is 5.31. The molecule has 0 aliphatic heterocycles. The van der Waals surface area contributed by atoms with E-state index in [4.69, 9.17) is 16.2 Å². The van der Waals surface area contributed by atoms with Crippen LogP contribution in [0.3, 0.4) is 0 Å². The summed E-state index contributed by atoms with van der Waals surface area (Å²) in [5.41, 5.74) is 14.2. The van der Waals surface area contributed by atoms with Crippen molar-refractivity contribution >= 4 is 5.82 Å². The Kier molecular flexibility index (Phi) is 3.97. The molecule has 0 saturated heterocycles. The Labute approximate surface area is 112 Å². The number of hydrogen-bond donors (Lipinski definition) is 2. The van der Waals surface area contributed by atoms with Crippen molar-refractivity contribution in [3.05, 3.63) is 35.5 Å². The molecule has 0 aliphatic carbocycles. The topological polar surface area (TPSA) is 87.0 Å². The van der Waals surface area contributed by atoms with E-state index in [1.807, 2.05) is 18.2 Å². The van der Waals surface area contributed by atoms with Crippen LogP contribution < -0.4 is 16.2 Å². The van der Waals surface area contributed by atoms with E-state index < -0.39 is 0 Å². The fraction of sp³-hybridized carbons (Fsp3) is 0.286. The van der Waals surface area contributed by atoms with Gasteiger partial charge in [-0.05, 0) is 30.2 Å². The largest absolute Gasteiger partial charge is 0.496 e. The highest BCUT2D eigenvalue weighted by molar-refractivity contribution is 5.60. The predicted molar refractivity (Wildman–Crippen MR) is 75.7 cm³/mol. The van der Waals surface area contributed by atoms with Gasteiger partial charge in [0.05, 0.1) is 7.11 Å². The minimum atomic E-state index is 0.342. The molecule has 2 rings (SSSR count). The van der Waals surface area contributed by atoms with Crippen molar-refractivity contribution < 1.29 is 4.74 Å². The van der Waals surface area contributed by atoms with Crippen molar-refractivity contribution in [2.24, 2.45) is 5.73 Å². The average molecular weight is 258 g/mol. The predicted octanol–water partition coefficient (Wildman–Crippen LogP) is 1.76. The van der Waals surface area contributed by atoms with Crippen LogP contribution >= 0.6 is 0 Å². The van der Waals surface area contributed by atoms with E-state index >= 15 is 0 Å². The smallest absolute Gasteiger partial charge is 0.161 e. The maximum Gasteiger partial charge on any atom is 0.161 e. The van der Waals surface area contributed by atoms with Crippen LogP contribution in [-0.4, -0.2) is 17.1 Å². The van der Waals surface area contributed by atoms with Gasteiger partial charge < -0.3 is 16.2 Å². The van der Waals surface area contributed by atoms with Crippen molar-refractivity contribution in [3.8, 4) is 17.1 Å². The summed E-state index contributed by atoms with van der Waals surface area (Å²) in [6, 6.07) is 5.87. The monoisotopic (exact) mass is 258 g/mol. The maximum atomic E-state index is 5.84. The molecule has 0 radical (unpaired) electrons. The lowest BCUT2D eigenvalue weighted by molar-refractivity contribution is 0.410. The van der Waals surface area contributed by atoms with Gasteiger partial charge in [-0.2, -0.15) is 0 Å². The van der Waals surface area contributed by atoms with E-state index in [1.54, 1.807) is 13.3 Å². The molecule has 0 amide bonds. The zero-order valence-corrected chi connectivity index (χ0v) is 11.2. The lowest BCUT2D eigenvalue weighted by Crippen LogP contribution is -2.05. The van der Waals surface area contributed by atoms with Crippen molar-refractivity contribution in [2.45, 2.75) is 19.9 Å². The second-order valence-corrected chi connectivity index (χ2v) is 4.19. The van der Waals surface area contributed by atoms with Crippen molar-refractivity contribution in [2.75, 3.05) is 12.8 Å². The summed E-state index contributed by atoms with van der Waals surface area (Å²) in [5, 5.41) is 0. The quantitative estimate of drug-likeness (QED) is 0.872. The van der Waals surface area contributed by atoms with Crippen molar-refractivity contribution in [3.63, 3.8) is 0 Å². The molecule has 1 aromatic heterocycles. The highest BCUT2D eigenvalue weighted by Crippen LogP contribution is 2.25. The Balaban J connectivity index is 2.44. The molecular weight excluding hydrogens is 240 g/mol. The van der Waals surface area contributed by atoms with Crippen LogP contribution in [0.5, 0.6) is 5.75 Å². The molecule has 0 unspecified atom stereocenters. The third-order valence-corrected chi connectivity index (χ3v) is 3.04. The first-order valence-corrected chi connectivity index (χ1v) is 6.18. The number of nitrogen functional groups attached to an aromatic ring is 1. The van der Waals surface area contributed by atoms with Crippen LogP contribution in [-0.2, 0) is 13.0 Å². The number of nitrogens with zero attached hydrogens (tertiary/aromatic N) is 2. The number of ether oxygens (including phenoxy) is 1. The molecule has 100 valence electrons. The fourth-order valence-electron chi connectivity index (χ4n) is 1.91. The summed E-state index contributed by atoms with van der Waals surface area (Å²) in [5.74, 6) is 1.91. The number of hydrogen-bond acceptors (Lipinski definition) is 5. The third-order valence-electron chi connectivity index (χ3n) is 3.04. The Bertz CT molecular complexity index is 584. The molecule has 0 aliphatic rings. The molecular formula is C14H18N4O. The van der Waals surface area contributed by atoms with Crippen LogP contribution in [0.2, 0.25) is 0 Å². The summed E-state index contributed by atoms with van der Waals surface area (Å²) >= 11 is 0. The lowest BCUT2D eigenvalue weighted by Gasteiger charge is -2.09. The normalized spacial score (nSPS) is 10.5.